The summed E-state index contributed by atoms with van der Waals surface area (Å²) < 4.78 is 5.55. The maximum Gasteiger partial charge on any atom is 0.162 e. The van der Waals surface area contributed by atoms with Gasteiger partial charge in [0.05, 0.1) is 24.9 Å². The first-order chi connectivity index (χ1) is 12.4. The number of morpholine rings is 1. The fourth-order valence-corrected chi connectivity index (χ4v) is 3.24. The lowest BCUT2D eigenvalue weighted by atomic mass is 10.0. The number of aliphatic hydroxyl groups is 1. The number of pyridine rings is 1. The second kappa shape index (κ2) is 6.34. The first-order valence-electron chi connectivity index (χ1n) is 8.82. The quantitative estimate of drug-likeness (QED) is 0.752. The third-order valence-electron chi connectivity index (χ3n) is 4.70. The Bertz CT molecular complexity index is 931. The molecule has 0 bridgehead atoms. The second-order valence-electron chi connectivity index (χ2n) is 7.21. The number of hydrogen-bond acceptors (Lipinski definition) is 6. The van der Waals surface area contributed by atoms with E-state index >= 15 is 0 Å². The molecule has 4 rings (SSSR count). The molecular weight excluding hydrogens is 330 g/mol. The number of nitrogens with one attached hydrogen (secondary N) is 1. The van der Waals surface area contributed by atoms with Crippen molar-refractivity contribution in [3.63, 3.8) is 0 Å². The van der Waals surface area contributed by atoms with Gasteiger partial charge in [-0.15, -0.1) is 0 Å². The summed E-state index contributed by atoms with van der Waals surface area (Å²) in [7, 11) is 0. The molecule has 0 aromatic carbocycles. The summed E-state index contributed by atoms with van der Waals surface area (Å²) in [6.07, 6.45) is 3.59. The van der Waals surface area contributed by atoms with Crippen LogP contribution in [0.25, 0.3) is 22.4 Å². The maximum atomic E-state index is 10.6. The van der Waals surface area contributed by atoms with Crippen molar-refractivity contribution in [1.29, 1.82) is 0 Å². The van der Waals surface area contributed by atoms with Gasteiger partial charge in [0, 0.05) is 36.0 Å². The predicted molar refractivity (Wildman–Crippen MR) is 100.0 cm³/mol. The molecule has 4 heterocycles. The van der Waals surface area contributed by atoms with Crippen LogP contribution in [-0.2, 0) is 10.3 Å². The minimum absolute atomic E-state index is 0.214. The molecule has 3 aromatic rings. The minimum atomic E-state index is -1.06. The van der Waals surface area contributed by atoms with Crippen LogP contribution in [0, 0.1) is 0 Å². The highest BCUT2D eigenvalue weighted by Crippen LogP contribution is 2.30. The molecule has 0 spiro atoms. The normalized spacial score (nSPS) is 18.5. The zero-order valence-electron chi connectivity index (χ0n) is 15.2. The lowest BCUT2D eigenvalue weighted by Gasteiger charge is -2.35. The van der Waals surface area contributed by atoms with Gasteiger partial charge in [-0.2, -0.15) is 0 Å². The van der Waals surface area contributed by atoms with Gasteiger partial charge in [-0.05, 0) is 32.9 Å². The highest BCUT2D eigenvalue weighted by atomic mass is 16.5. The molecule has 0 saturated carbocycles. The molecule has 26 heavy (non-hydrogen) atoms. The van der Waals surface area contributed by atoms with Gasteiger partial charge >= 0.3 is 0 Å². The Kier molecular flexibility index (Phi) is 4.13. The van der Waals surface area contributed by atoms with Crippen molar-refractivity contribution in [2.75, 3.05) is 24.7 Å². The molecule has 0 radical (unpaired) electrons. The smallest absolute Gasteiger partial charge is 0.162 e. The number of hydrogen-bond donors (Lipinski definition) is 2. The van der Waals surface area contributed by atoms with Crippen molar-refractivity contribution in [3.8, 4) is 11.4 Å². The average molecular weight is 353 g/mol. The van der Waals surface area contributed by atoms with Crippen LogP contribution in [0.1, 0.15) is 26.5 Å². The molecule has 1 unspecified atom stereocenters. The lowest BCUT2D eigenvalue weighted by Crippen LogP contribution is -2.44. The fraction of sp³-hybridized carbons (Fsp3) is 0.421. The van der Waals surface area contributed by atoms with E-state index in [4.69, 9.17) is 9.72 Å². The van der Waals surface area contributed by atoms with Gasteiger partial charge in [-0.25, -0.2) is 15.0 Å². The first kappa shape index (κ1) is 16.9. The lowest BCUT2D eigenvalue weighted by molar-refractivity contribution is 0.0736. The molecule has 1 saturated heterocycles. The van der Waals surface area contributed by atoms with Crippen LogP contribution in [0.15, 0.2) is 30.6 Å². The molecule has 7 nitrogen and oxygen atoms in total. The van der Waals surface area contributed by atoms with E-state index in [2.05, 4.69) is 26.8 Å². The number of aromatic nitrogens is 4. The molecular formula is C19H23N5O2. The van der Waals surface area contributed by atoms with Gasteiger partial charge in [0.15, 0.2) is 5.82 Å². The van der Waals surface area contributed by atoms with Crippen molar-refractivity contribution >= 4 is 16.9 Å². The van der Waals surface area contributed by atoms with Crippen molar-refractivity contribution in [2.45, 2.75) is 32.4 Å². The molecule has 1 fully saturated rings. The van der Waals surface area contributed by atoms with Crippen LogP contribution < -0.4 is 4.90 Å². The standard InChI is InChI=1S/C19H23N5O2/c1-12-11-26-9-8-24(12)16-10-15(19(2,3)25)22-18(23-16)14-5-7-21-17-13(14)4-6-20-17/h4-7,10,12,25H,8-9,11H2,1-3H3,(H,20,21). The van der Waals surface area contributed by atoms with Gasteiger partial charge in [-0.1, -0.05) is 0 Å². The number of fused-ring (bicyclic) bond motifs is 1. The van der Waals surface area contributed by atoms with Crippen molar-refractivity contribution in [1.82, 2.24) is 19.9 Å². The summed E-state index contributed by atoms with van der Waals surface area (Å²) in [4.78, 5) is 19.2. The van der Waals surface area contributed by atoms with E-state index in [1.807, 2.05) is 24.4 Å². The average Bonchev–Trinajstić information content (AvgIpc) is 3.09. The van der Waals surface area contributed by atoms with Gasteiger partial charge in [0.25, 0.3) is 0 Å². The Morgan fingerprint density at radius 1 is 1.31 bits per heavy atom. The molecule has 3 aromatic heterocycles. The van der Waals surface area contributed by atoms with Gasteiger partial charge < -0.3 is 19.7 Å². The topological polar surface area (TPSA) is 87.2 Å². The van der Waals surface area contributed by atoms with E-state index in [9.17, 15) is 5.11 Å². The van der Waals surface area contributed by atoms with E-state index < -0.39 is 5.60 Å². The molecule has 0 aliphatic carbocycles. The number of rotatable bonds is 3. The molecule has 0 amide bonds. The first-order valence-corrected chi connectivity index (χ1v) is 8.82. The van der Waals surface area contributed by atoms with Gasteiger partial charge in [0.2, 0.25) is 0 Å². The summed E-state index contributed by atoms with van der Waals surface area (Å²) in [5.74, 6) is 1.40. The highest BCUT2D eigenvalue weighted by molar-refractivity contribution is 5.91. The van der Waals surface area contributed by atoms with Crippen molar-refractivity contribution in [2.24, 2.45) is 0 Å². The van der Waals surface area contributed by atoms with E-state index in [0.29, 0.717) is 24.7 Å². The summed E-state index contributed by atoms with van der Waals surface area (Å²) >= 11 is 0. The van der Waals surface area contributed by atoms with Gasteiger partial charge in [0.1, 0.15) is 17.1 Å². The molecule has 7 heteroatoms. The molecule has 1 atom stereocenters. The number of anilines is 1. The second-order valence-corrected chi connectivity index (χ2v) is 7.21. The molecule has 136 valence electrons. The minimum Gasteiger partial charge on any atom is -0.384 e. The summed E-state index contributed by atoms with van der Waals surface area (Å²) in [6.45, 7) is 7.68. The van der Waals surface area contributed by atoms with E-state index in [0.717, 1.165) is 29.0 Å². The van der Waals surface area contributed by atoms with E-state index in [1.54, 1.807) is 20.0 Å². The Morgan fingerprint density at radius 3 is 2.92 bits per heavy atom. The van der Waals surface area contributed by atoms with Crippen LogP contribution in [0.5, 0.6) is 0 Å². The van der Waals surface area contributed by atoms with Crippen LogP contribution in [-0.4, -0.2) is 50.8 Å². The zero-order chi connectivity index (χ0) is 18.3. The van der Waals surface area contributed by atoms with Crippen molar-refractivity contribution in [3.05, 3.63) is 36.3 Å². The third kappa shape index (κ3) is 3.04. The summed E-state index contributed by atoms with van der Waals surface area (Å²) in [5, 5.41) is 11.5. The van der Waals surface area contributed by atoms with Gasteiger partial charge in [-0.3, -0.25) is 0 Å². The van der Waals surface area contributed by atoms with Crippen LogP contribution in [0.4, 0.5) is 5.82 Å². The largest absolute Gasteiger partial charge is 0.384 e. The predicted octanol–water partition coefficient (Wildman–Crippen LogP) is 2.47. The fourth-order valence-electron chi connectivity index (χ4n) is 3.24. The maximum absolute atomic E-state index is 10.6. The summed E-state index contributed by atoms with van der Waals surface area (Å²) in [6, 6.07) is 5.97. The molecule has 1 aliphatic rings. The monoisotopic (exact) mass is 353 g/mol. The number of aromatic amines is 1. The van der Waals surface area contributed by atoms with E-state index in [1.165, 1.54) is 0 Å². The van der Waals surface area contributed by atoms with Crippen molar-refractivity contribution < 1.29 is 9.84 Å². The van der Waals surface area contributed by atoms with Crippen LogP contribution >= 0.6 is 0 Å². The summed E-state index contributed by atoms with van der Waals surface area (Å²) in [5.41, 5.74) is 1.22. The zero-order valence-corrected chi connectivity index (χ0v) is 15.2. The van der Waals surface area contributed by atoms with E-state index in [-0.39, 0.29) is 6.04 Å². The Labute approximate surface area is 152 Å². The SMILES string of the molecule is CC1COCCN1c1cc(C(C)(C)O)nc(-c2ccnc3[nH]ccc23)n1. The molecule has 1 aliphatic heterocycles. The third-order valence-corrected chi connectivity index (χ3v) is 4.70. The molecule has 2 N–H and O–H groups in total. The Balaban J connectivity index is 1.89. The highest BCUT2D eigenvalue weighted by Gasteiger charge is 2.26. The number of H-pyrrole nitrogens is 1. The Morgan fingerprint density at radius 2 is 2.15 bits per heavy atom. The Hall–Kier alpha value is -2.51. The van der Waals surface area contributed by atoms with Crippen LogP contribution in [0.3, 0.4) is 0 Å². The number of nitrogens with zero attached hydrogens (tertiary/aromatic N) is 4. The van der Waals surface area contributed by atoms with Crippen LogP contribution in [0.2, 0.25) is 0 Å². The number of ether oxygens (including phenoxy) is 1.